The van der Waals surface area contributed by atoms with Crippen molar-refractivity contribution in [1.82, 2.24) is 5.32 Å². The number of para-hydroxylation sites is 1. The molecule has 0 aliphatic rings. The molecular formula is C22H22N2O3. The van der Waals surface area contributed by atoms with Crippen LogP contribution in [0.25, 0.3) is 0 Å². The topological polar surface area (TPSA) is 71.3 Å². The van der Waals surface area contributed by atoms with E-state index in [1.54, 1.807) is 42.7 Å². The maximum absolute atomic E-state index is 12.5. The molecule has 5 nitrogen and oxygen atoms in total. The first-order chi connectivity index (χ1) is 13.0. The Bertz CT molecular complexity index is 913. The van der Waals surface area contributed by atoms with Crippen molar-refractivity contribution in [2.24, 2.45) is 0 Å². The van der Waals surface area contributed by atoms with Gasteiger partial charge in [-0.05, 0) is 53.9 Å². The summed E-state index contributed by atoms with van der Waals surface area (Å²) in [5.74, 6) is 0.569. The molecule has 0 atom stereocenters. The maximum Gasteiger partial charge on any atom is 0.255 e. The molecule has 0 saturated heterocycles. The minimum Gasteiger partial charge on any atom is -0.467 e. The zero-order valence-corrected chi connectivity index (χ0v) is 15.4. The van der Waals surface area contributed by atoms with Crippen LogP contribution in [0.15, 0.2) is 71.3 Å². The number of benzene rings is 2. The van der Waals surface area contributed by atoms with Crippen LogP contribution in [0.2, 0.25) is 0 Å². The quantitative estimate of drug-likeness (QED) is 0.674. The van der Waals surface area contributed by atoms with Crippen molar-refractivity contribution < 1.29 is 14.0 Å². The smallest absolute Gasteiger partial charge is 0.255 e. The highest BCUT2D eigenvalue weighted by atomic mass is 16.3. The fraction of sp³-hybridized carbons (Fsp3) is 0.182. The van der Waals surface area contributed by atoms with Crippen molar-refractivity contribution in [2.75, 3.05) is 5.32 Å². The summed E-state index contributed by atoms with van der Waals surface area (Å²) >= 11 is 0. The van der Waals surface area contributed by atoms with Gasteiger partial charge in [-0.25, -0.2) is 0 Å². The van der Waals surface area contributed by atoms with Crippen molar-refractivity contribution in [3.8, 4) is 0 Å². The summed E-state index contributed by atoms with van der Waals surface area (Å²) in [6, 6.07) is 17.9. The van der Waals surface area contributed by atoms with Gasteiger partial charge in [0.05, 0.1) is 12.8 Å². The number of hydrogen-bond donors (Lipinski definition) is 2. The lowest BCUT2D eigenvalue weighted by atomic mass is 10.0. The summed E-state index contributed by atoms with van der Waals surface area (Å²) in [6.45, 7) is 4.49. The number of amides is 2. The number of hydrogen-bond acceptors (Lipinski definition) is 3. The van der Waals surface area contributed by atoms with E-state index in [-0.39, 0.29) is 11.8 Å². The molecule has 0 aliphatic carbocycles. The molecule has 2 N–H and O–H groups in total. The maximum atomic E-state index is 12.5. The molecule has 0 bridgehead atoms. The van der Waals surface area contributed by atoms with Crippen LogP contribution in [0, 0.1) is 0 Å². The Morgan fingerprint density at radius 3 is 2.19 bits per heavy atom. The highest BCUT2D eigenvalue weighted by molar-refractivity contribution is 6.05. The SMILES string of the molecule is CC(C)c1ccccc1NC(=O)c1ccc(C(=O)NCc2ccco2)cc1. The van der Waals surface area contributed by atoms with Gasteiger partial charge in [-0.1, -0.05) is 32.0 Å². The monoisotopic (exact) mass is 362 g/mol. The van der Waals surface area contributed by atoms with Crippen LogP contribution in [0.4, 0.5) is 5.69 Å². The van der Waals surface area contributed by atoms with Gasteiger partial charge in [0.25, 0.3) is 11.8 Å². The van der Waals surface area contributed by atoms with Crippen molar-refractivity contribution in [2.45, 2.75) is 26.3 Å². The molecule has 138 valence electrons. The average Bonchev–Trinajstić information content (AvgIpc) is 3.20. The lowest BCUT2D eigenvalue weighted by molar-refractivity contribution is 0.0946. The molecule has 5 heteroatoms. The molecule has 1 heterocycles. The number of carbonyl (C=O) groups is 2. The molecule has 1 aromatic heterocycles. The largest absolute Gasteiger partial charge is 0.467 e. The van der Waals surface area contributed by atoms with Gasteiger partial charge in [0.15, 0.2) is 0 Å². The van der Waals surface area contributed by atoms with E-state index in [4.69, 9.17) is 4.42 Å². The molecule has 2 aromatic carbocycles. The molecule has 2 amide bonds. The molecular weight excluding hydrogens is 340 g/mol. The molecule has 3 rings (SSSR count). The Kier molecular flexibility index (Phi) is 5.71. The molecule has 0 saturated carbocycles. The van der Waals surface area contributed by atoms with Gasteiger partial charge in [0.2, 0.25) is 0 Å². The second kappa shape index (κ2) is 8.36. The van der Waals surface area contributed by atoms with Gasteiger partial charge in [-0.2, -0.15) is 0 Å². The summed E-state index contributed by atoms with van der Waals surface area (Å²) < 4.78 is 5.19. The lowest BCUT2D eigenvalue weighted by Crippen LogP contribution is -2.22. The summed E-state index contributed by atoms with van der Waals surface area (Å²) in [7, 11) is 0. The predicted octanol–water partition coefficient (Wildman–Crippen LogP) is 4.59. The van der Waals surface area contributed by atoms with Gasteiger partial charge in [0, 0.05) is 16.8 Å². The molecule has 3 aromatic rings. The molecule has 0 aliphatic heterocycles. The normalized spacial score (nSPS) is 10.6. The fourth-order valence-corrected chi connectivity index (χ4v) is 2.76. The first-order valence-corrected chi connectivity index (χ1v) is 8.85. The van der Waals surface area contributed by atoms with Crippen LogP contribution in [-0.2, 0) is 6.54 Å². The molecule has 0 radical (unpaired) electrons. The van der Waals surface area contributed by atoms with Crippen LogP contribution >= 0.6 is 0 Å². The Morgan fingerprint density at radius 1 is 0.889 bits per heavy atom. The Balaban J connectivity index is 1.64. The third-order valence-electron chi connectivity index (χ3n) is 4.24. The van der Waals surface area contributed by atoms with Crippen LogP contribution in [0.1, 0.15) is 51.8 Å². The zero-order valence-electron chi connectivity index (χ0n) is 15.4. The summed E-state index contributed by atoms with van der Waals surface area (Å²) in [5, 5.41) is 5.73. The molecule has 27 heavy (non-hydrogen) atoms. The van der Waals surface area contributed by atoms with E-state index in [2.05, 4.69) is 24.5 Å². The number of carbonyl (C=O) groups excluding carboxylic acids is 2. The van der Waals surface area contributed by atoms with Gasteiger partial charge >= 0.3 is 0 Å². The van der Waals surface area contributed by atoms with Crippen LogP contribution in [-0.4, -0.2) is 11.8 Å². The lowest BCUT2D eigenvalue weighted by Gasteiger charge is -2.13. The molecule has 0 unspecified atom stereocenters. The number of anilines is 1. The highest BCUT2D eigenvalue weighted by Gasteiger charge is 2.12. The second-order valence-corrected chi connectivity index (χ2v) is 6.54. The minimum absolute atomic E-state index is 0.203. The fourth-order valence-electron chi connectivity index (χ4n) is 2.76. The van der Waals surface area contributed by atoms with Crippen molar-refractivity contribution >= 4 is 17.5 Å². The Labute approximate surface area is 158 Å². The number of rotatable bonds is 6. The van der Waals surface area contributed by atoms with E-state index in [0.29, 0.717) is 29.3 Å². The number of nitrogens with one attached hydrogen (secondary N) is 2. The van der Waals surface area contributed by atoms with E-state index >= 15 is 0 Å². The second-order valence-electron chi connectivity index (χ2n) is 6.54. The zero-order chi connectivity index (χ0) is 19.2. The van der Waals surface area contributed by atoms with Crippen molar-refractivity contribution in [3.63, 3.8) is 0 Å². The van der Waals surface area contributed by atoms with E-state index in [1.807, 2.05) is 24.3 Å². The Morgan fingerprint density at radius 2 is 1.56 bits per heavy atom. The first-order valence-electron chi connectivity index (χ1n) is 8.85. The van der Waals surface area contributed by atoms with Gasteiger partial charge in [-0.15, -0.1) is 0 Å². The van der Waals surface area contributed by atoms with E-state index in [1.165, 1.54) is 0 Å². The predicted molar refractivity (Wildman–Crippen MR) is 105 cm³/mol. The summed E-state index contributed by atoms with van der Waals surface area (Å²) in [5.41, 5.74) is 2.87. The highest BCUT2D eigenvalue weighted by Crippen LogP contribution is 2.24. The van der Waals surface area contributed by atoms with Gasteiger partial charge < -0.3 is 15.1 Å². The molecule has 0 spiro atoms. The van der Waals surface area contributed by atoms with Crippen molar-refractivity contribution in [3.05, 3.63) is 89.4 Å². The standard InChI is InChI=1S/C22H22N2O3/c1-15(2)19-7-3-4-8-20(19)24-22(26)17-11-9-16(10-12-17)21(25)23-14-18-6-5-13-27-18/h3-13,15H,14H2,1-2H3,(H,23,25)(H,24,26). The Hall–Kier alpha value is -3.34. The van der Waals surface area contributed by atoms with Gasteiger partial charge in [0.1, 0.15) is 5.76 Å². The van der Waals surface area contributed by atoms with E-state index in [0.717, 1.165) is 11.3 Å². The summed E-state index contributed by atoms with van der Waals surface area (Å²) in [4.78, 5) is 24.7. The first kappa shape index (κ1) is 18.5. The van der Waals surface area contributed by atoms with E-state index in [9.17, 15) is 9.59 Å². The molecule has 0 fully saturated rings. The van der Waals surface area contributed by atoms with E-state index < -0.39 is 0 Å². The van der Waals surface area contributed by atoms with Crippen LogP contribution in [0.3, 0.4) is 0 Å². The summed E-state index contributed by atoms with van der Waals surface area (Å²) in [6.07, 6.45) is 1.56. The third kappa shape index (κ3) is 4.64. The van der Waals surface area contributed by atoms with Crippen LogP contribution in [0.5, 0.6) is 0 Å². The van der Waals surface area contributed by atoms with Gasteiger partial charge in [-0.3, -0.25) is 9.59 Å². The number of furan rings is 1. The minimum atomic E-state index is -0.219. The third-order valence-corrected chi connectivity index (χ3v) is 4.24. The average molecular weight is 362 g/mol. The van der Waals surface area contributed by atoms with Crippen LogP contribution < -0.4 is 10.6 Å². The van der Waals surface area contributed by atoms with Crippen molar-refractivity contribution in [1.29, 1.82) is 0 Å².